The van der Waals surface area contributed by atoms with Crippen molar-refractivity contribution in [1.29, 1.82) is 0 Å². The van der Waals surface area contributed by atoms with Crippen LogP contribution in [0, 0.1) is 0 Å². The maximum atomic E-state index is 10.9. The van der Waals surface area contributed by atoms with Gasteiger partial charge in [0.25, 0.3) is 0 Å². The maximum Gasteiger partial charge on any atom is 0.374 e. The Kier molecular flexibility index (Phi) is 3.87. The Hall–Kier alpha value is -2.34. The molecule has 0 amide bonds. The van der Waals surface area contributed by atoms with Gasteiger partial charge in [0.2, 0.25) is 5.76 Å². The van der Waals surface area contributed by atoms with E-state index in [0.717, 1.165) is 19.4 Å². The third kappa shape index (κ3) is 3.05. The van der Waals surface area contributed by atoms with Gasteiger partial charge in [-0.1, -0.05) is 17.3 Å². The highest BCUT2D eigenvalue weighted by atomic mass is 16.5. The molecule has 0 saturated carbocycles. The predicted octanol–water partition coefficient (Wildman–Crippen LogP) is 2.60. The van der Waals surface area contributed by atoms with Gasteiger partial charge in [-0.15, -0.1) is 0 Å². The average Bonchev–Trinajstić information content (AvgIpc) is 2.99. The van der Waals surface area contributed by atoms with E-state index >= 15 is 0 Å². The second-order valence-electron chi connectivity index (χ2n) is 4.83. The number of benzene rings is 1. The van der Waals surface area contributed by atoms with Crippen molar-refractivity contribution in [1.82, 2.24) is 5.16 Å². The van der Waals surface area contributed by atoms with Gasteiger partial charge in [-0.3, -0.25) is 0 Å². The minimum Gasteiger partial charge on any atom is -0.487 e. The van der Waals surface area contributed by atoms with Gasteiger partial charge in [-0.05, 0) is 25.0 Å². The molecule has 21 heavy (non-hydrogen) atoms. The molecular formula is C15H15NO5. The number of para-hydroxylation sites is 1. The first-order valence-corrected chi connectivity index (χ1v) is 6.78. The van der Waals surface area contributed by atoms with Crippen molar-refractivity contribution in [2.24, 2.45) is 0 Å². The molecule has 1 aromatic carbocycles. The predicted molar refractivity (Wildman–Crippen MR) is 73.4 cm³/mol. The largest absolute Gasteiger partial charge is 0.487 e. The lowest BCUT2D eigenvalue weighted by Crippen LogP contribution is -2.28. The van der Waals surface area contributed by atoms with Crippen molar-refractivity contribution in [2.75, 3.05) is 13.2 Å². The van der Waals surface area contributed by atoms with Crippen LogP contribution in [-0.4, -0.2) is 35.6 Å². The summed E-state index contributed by atoms with van der Waals surface area (Å²) in [6.45, 7) is 1.33. The highest BCUT2D eigenvalue weighted by Crippen LogP contribution is 2.31. The Labute approximate surface area is 121 Å². The zero-order valence-electron chi connectivity index (χ0n) is 11.3. The molecule has 1 fully saturated rings. The van der Waals surface area contributed by atoms with Gasteiger partial charge in [-0.25, -0.2) is 4.79 Å². The Bertz CT molecular complexity index is 630. The topological polar surface area (TPSA) is 81.8 Å². The van der Waals surface area contributed by atoms with Crippen molar-refractivity contribution in [2.45, 2.75) is 18.9 Å². The van der Waals surface area contributed by atoms with Crippen molar-refractivity contribution in [3.05, 3.63) is 36.1 Å². The Balaban J connectivity index is 1.85. The second kappa shape index (κ2) is 5.97. The SMILES string of the molecule is O=C(O)c1cc(-c2ccccc2OC2CCCOC2)no1. The number of carbonyl (C=O) groups is 1. The molecule has 1 unspecified atom stereocenters. The maximum absolute atomic E-state index is 10.9. The molecule has 6 heteroatoms. The molecule has 0 bridgehead atoms. The van der Waals surface area contributed by atoms with Crippen molar-refractivity contribution >= 4 is 5.97 Å². The third-order valence-corrected chi connectivity index (χ3v) is 3.30. The van der Waals surface area contributed by atoms with Crippen LogP contribution in [0.5, 0.6) is 5.75 Å². The summed E-state index contributed by atoms with van der Waals surface area (Å²) in [4.78, 5) is 10.9. The fraction of sp³-hybridized carbons (Fsp3) is 0.333. The summed E-state index contributed by atoms with van der Waals surface area (Å²) in [6, 6.07) is 8.75. The van der Waals surface area contributed by atoms with E-state index in [-0.39, 0.29) is 11.9 Å². The summed E-state index contributed by atoms with van der Waals surface area (Å²) in [6.07, 6.45) is 1.92. The average molecular weight is 289 g/mol. The molecule has 0 radical (unpaired) electrons. The molecule has 1 saturated heterocycles. The minimum absolute atomic E-state index is 0.00532. The quantitative estimate of drug-likeness (QED) is 0.931. The first-order chi connectivity index (χ1) is 10.2. The van der Waals surface area contributed by atoms with E-state index in [1.165, 1.54) is 6.07 Å². The van der Waals surface area contributed by atoms with Crippen LogP contribution in [0.2, 0.25) is 0 Å². The molecular weight excluding hydrogens is 274 g/mol. The minimum atomic E-state index is -1.15. The lowest BCUT2D eigenvalue weighted by molar-refractivity contribution is 0.00766. The van der Waals surface area contributed by atoms with Gasteiger partial charge in [-0.2, -0.15) is 0 Å². The van der Waals surface area contributed by atoms with Crippen LogP contribution in [0.1, 0.15) is 23.4 Å². The number of carboxylic acids is 1. The van der Waals surface area contributed by atoms with Crippen LogP contribution in [0.25, 0.3) is 11.3 Å². The summed E-state index contributed by atoms with van der Waals surface area (Å²) in [5.41, 5.74) is 1.15. The third-order valence-electron chi connectivity index (χ3n) is 3.30. The van der Waals surface area contributed by atoms with E-state index in [0.29, 0.717) is 23.6 Å². The second-order valence-corrected chi connectivity index (χ2v) is 4.83. The van der Waals surface area contributed by atoms with Crippen LogP contribution in [-0.2, 0) is 4.74 Å². The Morgan fingerprint density at radius 2 is 2.24 bits per heavy atom. The molecule has 3 rings (SSSR count). The molecule has 1 aromatic heterocycles. The van der Waals surface area contributed by atoms with Crippen LogP contribution in [0.4, 0.5) is 0 Å². The summed E-state index contributed by atoms with van der Waals surface area (Å²) in [5, 5.41) is 12.7. The normalized spacial score (nSPS) is 18.4. The van der Waals surface area contributed by atoms with Crippen LogP contribution in [0.3, 0.4) is 0 Å². The van der Waals surface area contributed by atoms with Crippen LogP contribution < -0.4 is 4.74 Å². The first kappa shape index (κ1) is 13.6. The number of rotatable bonds is 4. The summed E-state index contributed by atoms with van der Waals surface area (Å²) >= 11 is 0. The zero-order valence-corrected chi connectivity index (χ0v) is 11.3. The molecule has 2 aromatic rings. The summed E-state index contributed by atoms with van der Waals surface area (Å²) in [7, 11) is 0. The van der Waals surface area contributed by atoms with Gasteiger partial charge in [0.05, 0.1) is 6.61 Å². The smallest absolute Gasteiger partial charge is 0.374 e. The monoisotopic (exact) mass is 289 g/mol. The molecule has 110 valence electrons. The van der Waals surface area contributed by atoms with Crippen molar-refractivity contribution in [3.8, 4) is 17.0 Å². The number of hydrogen-bond donors (Lipinski definition) is 1. The molecule has 1 aliphatic rings. The van der Waals surface area contributed by atoms with E-state index in [9.17, 15) is 4.79 Å². The van der Waals surface area contributed by atoms with Crippen LogP contribution >= 0.6 is 0 Å². The van der Waals surface area contributed by atoms with Gasteiger partial charge >= 0.3 is 5.97 Å². The standard InChI is InChI=1S/C15H15NO5/c17-15(18)14-8-12(16-21-14)11-5-1-2-6-13(11)20-10-4-3-7-19-9-10/h1-2,5-6,8,10H,3-4,7,9H2,(H,17,18). The van der Waals surface area contributed by atoms with Crippen LogP contribution in [0.15, 0.2) is 34.9 Å². The van der Waals surface area contributed by atoms with Gasteiger partial charge in [0.15, 0.2) is 0 Å². The van der Waals surface area contributed by atoms with E-state index in [1.54, 1.807) is 0 Å². The summed E-state index contributed by atoms with van der Waals surface area (Å²) in [5.74, 6) is -0.688. The number of hydrogen-bond acceptors (Lipinski definition) is 5. The number of carboxylic acid groups (broad SMARTS) is 1. The van der Waals surface area contributed by atoms with E-state index < -0.39 is 5.97 Å². The number of aromatic nitrogens is 1. The first-order valence-electron chi connectivity index (χ1n) is 6.78. The lowest BCUT2D eigenvalue weighted by atomic mass is 10.1. The zero-order chi connectivity index (χ0) is 14.7. The molecule has 2 heterocycles. The van der Waals surface area contributed by atoms with E-state index in [1.807, 2.05) is 24.3 Å². The molecule has 1 aliphatic heterocycles. The molecule has 6 nitrogen and oxygen atoms in total. The fourth-order valence-corrected chi connectivity index (χ4v) is 2.27. The molecule has 0 aliphatic carbocycles. The highest BCUT2D eigenvalue weighted by molar-refractivity contribution is 5.86. The van der Waals surface area contributed by atoms with E-state index in [4.69, 9.17) is 19.1 Å². The van der Waals surface area contributed by atoms with Gasteiger partial charge < -0.3 is 19.1 Å². The number of ether oxygens (including phenoxy) is 2. The Morgan fingerprint density at radius 1 is 1.38 bits per heavy atom. The van der Waals surface area contributed by atoms with Crippen molar-refractivity contribution < 1.29 is 23.9 Å². The van der Waals surface area contributed by atoms with Crippen molar-refractivity contribution in [3.63, 3.8) is 0 Å². The van der Waals surface area contributed by atoms with Gasteiger partial charge in [0.1, 0.15) is 17.5 Å². The van der Waals surface area contributed by atoms with E-state index in [2.05, 4.69) is 5.16 Å². The number of nitrogens with zero attached hydrogens (tertiary/aromatic N) is 1. The summed E-state index contributed by atoms with van der Waals surface area (Å²) < 4.78 is 16.2. The highest BCUT2D eigenvalue weighted by Gasteiger charge is 2.19. The molecule has 1 atom stereocenters. The molecule has 1 N–H and O–H groups in total. The number of aromatic carboxylic acids is 1. The fourth-order valence-electron chi connectivity index (χ4n) is 2.27. The molecule has 0 spiro atoms. The van der Waals surface area contributed by atoms with Gasteiger partial charge in [0, 0.05) is 18.2 Å². The lowest BCUT2D eigenvalue weighted by Gasteiger charge is -2.24. The Morgan fingerprint density at radius 3 is 2.95 bits per heavy atom.